The van der Waals surface area contributed by atoms with Crippen LogP contribution in [0.5, 0.6) is 0 Å². The average Bonchev–Trinajstić information content (AvgIpc) is 1.83. The van der Waals surface area contributed by atoms with Crippen LogP contribution in [0, 0.1) is 5.92 Å². The zero-order valence-corrected chi connectivity index (χ0v) is 5.73. The van der Waals surface area contributed by atoms with Crippen LogP contribution in [0.25, 0.3) is 0 Å². The van der Waals surface area contributed by atoms with Crippen molar-refractivity contribution in [2.75, 3.05) is 6.54 Å². The van der Waals surface area contributed by atoms with Crippen molar-refractivity contribution in [3.63, 3.8) is 0 Å². The maximum atomic E-state index is 11.9. The van der Waals surface area contributed by atoms with Gasteiger partial charge in [0.2, 0.25) is 5.91 Å². The lowest BCUT2D eigenvalue weighted by molar-refractivity contribution is -0.182. The topological polar surface area (TPSA) is 58.2 Å². The molecule has 0 radical (unpaired) electrons. The fourth-order valence-corrected chi connectivity index (χ4v) is 0.795. The van der Waals surface area contributed by atoms with Gasteiger partial charge in [-0.2, -0.15) is 13.2 Å². The number of imide groups is 1. The minimum absolute atomic E-state index is 0.686. The normalized spacial score (nSPS) is 24.8. The largest absolute Gasteiger partial charge is 0.402 e. The third-order valence-corrected chi connectivity index (χ3v) is 1.42. The molecule has 0 unspecified atom stereocenters. The van der Waals surface area contributed by atoms with E-state index in [1.165, 1.54) is 5.32 Å². The second-order valence-electron chi connectivity index (χ2n) is 2.29. The van der Waals surface area contributed by atoms with Crippen LogP contribution >= 0.6 is 0 Å². The van der Waals surface area contributed by atoms with E-state index >= 15 is 0 Å². The Morgan fingerprint density at radius 1 is 1.33 bits per heavy atom. The van der Waals surface area contributed by atoms with Crippen molar-refractivity contribution in [2.24, 2.45) is 5.92 Å². The Morgan fingerprint density at radius 3 is 2.33 bits per heavy atom. The van der Waals surface area contributed by atoms with Crippen LogP contribution in [0.15, 0.2) is 0 Å². The van der Waals surface area contributed by atoms with Crippen molar-refractivity contribution in [3.05, 3.63) is 0 Å². The highest BCUT2D eigenvalue weighted by atomic mass is 19.4. The molecule has 1 atom stereocenters. The summed E-state index contributed by atoms with van der Waals surface area (Å²) in [7, 11) is 0. The zero-order chi connectivity index (χ0) is 9.35. The lowest BCUT2D eigenvalue weighted by atomic mass is 10.1. The molecule has 0 aromatic heterocycles. The highest BCUT2D eigenvalue weighted by Crippen LogP contribution is 2.26. The first kappa shape index (κ1) is 8.82. The maximum Gasteiger partial charge on any atom is 0.402 e. The van der Waals surface area contributed by atoms with Gasteiger partial charge in [-0.05, 0) is 0 Å². The summed E-state index contributed by atoms with van der Waals surface area (Å²) in [5.41, 5.74) is 0. The smallest absolute Gasteiger partial charge is 0.337 e. The number of alkyl halides is 3. The predicted octanol–water partition coefficient (Wildman–Crippen LogP) is 0.00430. The molecule has 0 aromatic carbocycles. The fourth-order valence-electron chi connectivity index (χ4n) is 0.795. The van der Waals surface area contributed by atoms with Crippen molar-refractivity contribution in [1.29, 1.82) is 0 Å². The molecule has 1 fully saturated rings. The third-order valence-electron chi connectivity index (χ3n) is 1.42. The summed E-state index contributed by atoms with van der Waals surface area (Å²) < 4.78 is 35.7. The SMILES string of the molecule is O=C1NC[C@@H](C(F)(F)F)C(=O)N1. The first-order chi connectivity index (χ1) is 5.41. The van der Waals surface area contributed by atoms with E-state index in [1.54, 1.807) is 0 Å². The molecule has 68 valence electrons. The summed E-state index contributed by atoms with van der Waals surface area (Å²) in [5, 5.41) is 3.41. The molecule has 0 spiro atoms. The number of carbonyl (C=O) groups is 2. The van der Waals surface area contributed by atoms with E-state index < -0.39 is 30.6 Å². The van der Waals surface area contributed by atoms with Crippen molar-refractivity contribution >= 4 is 11.9 Å². The molecule has 3 amide bonds. The highest BCUT2D eigenvalue weighted by Gasteiger charge is 2.47. The fraction of sp³-hybridized carbons (Fsp3) is 0.600. The Labute approximate surface area is 65.1 Å². The number of hydrogen-bond donors (Lipinski definition) is 2. The van der Waals surface area contributed by atoms with Crippen molar-refractivity contribution in [3.8, 4) is 0 Å². The van der Waals surface area contributed by atoms with Gasteiger partial charge in [-0.25, -0.2) is 4.79 Å². The number of amides is 3. The average molecular weight is 182 g/mol. The summed E-state index contributed by atoms with van der Waals surface area (Å²) in [6.45, 7) is -0.686. The molecule has 7 heteroatoms. The molecule has 0 saturated carbocycles. The van der Waals surface area contributed by atoms with Gasteiger partial charge in [0.05, 0.1) is 0 Å². The molecule has 0 aromatic rings. The van der Waals surface area contributed by atoms with Gasteiger partial charge in [-0.15, -0.1) is 0 Å². The Balaban J connectivity index is 2.69. The molecular weight excluding hydrogens is 177 g/mol. The minimum Gasteiger partial charge on any atom is -0.337 e. The van der Waals surface area contributed by atoms with Crippen LogP contribution in [0.3, 0.4) is 0 Å². The van der Waals surface area contributed by atoms with E-state index in [0.29, 0.717) is 0 Å². The van der Waals surface area contributed by atoms with Crippen LogP contribution in [0.1, 0.15) is 0 Å². The lowest BCUT2D eigenvalue weighted by Gasteiger charge is -2.23. The Bertz CT molecular complexity index is 225. The molecule has 1 rings (SSSR count). The van der Waals surface area contributed by atoms with Crippen LogP contribution in [0.4, 0.5) is 18.0 Å². The molecule has 1 saturated heterocycles. The van der Waals surface area contributed by atoms with Gasteiger partial charge >= 0.3 is 12.2 Å². The van der Waals surface area contributed by atoms with Gasteiger partial charge < -0.3 is 5.32 Å². The predicted molar refractivity (Wildman–Crippen MR) is 31.1 cm³/mol. The quantitative estimate of drug-likeness (QED) is 0.554. The first-order valence-electron chi connectivity index (χ1n) is 3.06. The van der Waals surface area contributed by atoms with Gasteiger partial charge in [0, 0.05) is 6.54 Å². The van der Waals surface area contributed by atoms with Crippen LogP contribution in [-0.4, -0.2) is 24.7 Å². The Hall–Kier alpha value is -1.27. The summed E-state index contributed by atoms with van der Waals surface area (Å²) in [5.74, 6) is -3.43. The van der Waals surface area contributed by atoms with E-state index in [1.807, 2.05) is 5.32 Å². The maximum absolute atomic E-state index is 11.9. The highest BCUT2D eigenvalue weighted by molar-refractivity contribution is 5.98. The molecule has 1 aliphatic rings. The van der Waals surface area contributed by atoms with Gasteiger partial charge in [0.1, 0.15) is 0 Å². The number of halogens is 3. The Morgan fingerprint density at radius 2 is 1.92 bits per heavy atom. The molecule has 1 aliphatic heterocycles. The number of carbonyl (C=O) groups excluding carboxylic acids is 2. The number of urea groups is 1. The van der Waals surface area contributed by atoms with E-state index in [2.05, 4.69) is 0 Å². The van der Waals surface area contributed by atoms with E-state index in [0.717, 1.165) is 0 Å². The third kappa shape index (κ3) is 1.66. The summed E-state index contributed by atoms with van der Waals surface area (Å²) >= 11 is 0. The minimum atomic E-state index is -4.60. The summed E-state index contributed by atoms with van der Waals surface area (Å²) in [6.07, 6.45) is -4.60. The van der Waals surface area contributed by atoms with Crippen LogP contribution < -0.4 is 10.6 Å². The van der Waals surface area contributed by atoms with Crippen molar-refractivity contribution in [2.45, 2.75) is 6.18 Å². The zero-order valence-electron chi connectivity index (χ0n) is 5.73. The monoisotopic (exact) mass is 182 g/mol. The van der Waals surface area contributed by atoms with Crippen molar-refractivity contribution in [1.82, 2.24) is 10.6 Å². The Kier molecular flexibility index (Phi) is 1.95. The summed E-state index contributed by atoms with van der Waals surface area (Å²) in [4.78, 5) is 20.9. The van der Waals surface area contributed by atoms with Gasteiger partial charge in [-0.3, -0.25) is 10.1 Å². The second kappa shape index (κ2) is 2.65. The molecule has 1 heterocycles. The van der Waals surface area contributed by atoms with Gasteiger partial charge in [0.25, 0.3) is 0 Å². The number of hydrogen-bond acceptors (Lipinski definition) is 2. The molecule has 4 nitrogen and oxygen atoms in total. The molecule has 2 N–H and O–H groups in total. The lowest BCUT2D eigenvalue weighted by Crippen LogP contribution is -2.56. The molecule has 0 aliphatic carbocycles. The van der Waals surface area contributed by atoms with E-state index in [4.69, 9.17) is 0 Å². The molecule has 0 bridgehead atoms. The van der Waals surface area contributed by atoms with Crippen LogP contribution in [0.2, 0.25) is 0 Å². The molecular formula is C5H5F3N2O2. The van der Waals surface area contributed by atoms with Gasteiger partial charge in [-0.1, -0.05) is 0 Å². The standard InChI is InChI=1S/C5H5F3N2O2/c6-5(7,8)2-1-9-4(12)10-3(2)11/h2H,1H2,(H2,9,10,11,12)/t2-/m1/s1. The second-order valence-corrected chi connectivity index (χ2v) is 2.29. The first-order valence-corrected chi connectivity index (χ1v) is 3.06. The number of nitrogens with one attached hydrogen (secondary N) is 2. The molecule has 12 heavy (non-hydrogen) atoms. The van der Waals surface area contributed by atoms with E-state index in [-0.39, 0.29) is 0 Å². The number of rotatable bonds is 0. The van der Waals surface area contributed by atoms with Crippen molar-refractivity contribution < 1.29 is 22.8 Å². The van der Waals surface area contributed by atoms with E-state index in [9.17, 15) is 22.8 Å². The van der Waals surface area contributed by atoms with Gasteiger partial charge in [0.15, 0.2) is 5.92 Å². The van der Waals surface area contributed by atoms with Crippen LogP contribution in [-0.2, 0) is 4.79 Å². The summed E-state index contributed by atoms with van der Waals surface area (Å²) in [6, 6.07) is -0.888.